The Hall–Kier alpha value is -0.200. The minimum atomic E-state index is -0.477. The van der Waals surface area contributed by atoms with Gasteiger partial charge in [-0.2, -0.15) is 0 Å². The van der Waals surface area contributed by atoms with Gasteiger partial charge in [0, 0.05) is 26.8 Å². The molecule has 3 N–H and O–H groups in total. The Balaban J connectivity index is 2.27. The number of methoxy groups -OCH3 is 2. The summed E-state index contributed by atoms with van der Waals surface area (Å²) in [7, 11) is 3.27. The molecule has 1 heterocycles. The summed E-state index contributed by atoms with van der Waals surface area (Å²) in [5.41, 5.74) is 5.73. The second-order valence-corrected chi connectivity index (χ2v) is 3.89. The van der Waals surface area contributed by atoms with Gasteiger partial charge in [-0.1, -0.05) is 0 Å². The quantitative estimate of drug-likeness (QED) is 0.562. The lowest BCUT2D eigenvalue weighted by Gasteiger charge is -2.48. The minimum Gasteiger partial charge on any atom is -0.392 e. The van der Waals surface area contributed by atoms with Gasteiger partial charge in [-0.25, -0.2) is 0 Å². The number of likely N-dealkylation sites (tertiary alicyclic amines) is 1. The lowest BCUT2D eigenvalue weighted by atomic mass is 10.1. The van der Waals surface area contributed by atoms with Gasteiger partial charge in [0.1, 0.15) is 0 Å². The molecule has 0 aromatic carbocycles. The van der Waals surface area contributed by atoms with Crippen LogP contribution in [0.15, 0.2) is 0 Å². The van der Waals surface area contributed by atoms with Crippen molar-refractivity contribution < 1.29 is 14.6 Å². The predicted octanol–water partition coefficient (Wildman–Crippen LogP) is -1.00. The maximum atomic E-state index is 9.22. The van der Waals surface area contributed by atoms with E-state index < -0.39 is 11.9 Å². The van der Waals surface area contributed by atoms with Crippen LogP contribution in [-0.2, 0) is 9.47 Å². The molecule has 5 heteroatoms. The van der Waals surface area contributed by atoms with Crippen LogP contribution in [0.4, 0.5) is 0 Å². The summed E-state index contributed by atoms with van der Waals surface area (Å²) in [4.78, 5) is 2.10. The van der Waals surface area contributed by atoms with E-state index in [9.17, 15) is 5.11 Å². The van der Waals surface area contributed by atoms with Gasteiger partial charge in [0.2, 0.25) is 0 Å². The number of aliphatic hydroxyl groups is 1. The molecule has 2 unspecified atom stereocenters. The minimum absolute atomic E-state index is 0.207. The molecule has 0 spiro atoms. The van der Waals surface area contributed by atoms with E-state index in [1.54, 1.807) is 21.1 Å². The molecule has 84 valence electrons. The summed E-state index contributed by atoms with van der Waals surface area (Å²) >= 11 is 0. The van der Waals surface area contributed by atoms with Gasteiger partial charge in [0.25, 0.3) is 0 Å². The maximum Gasteiger partial charge on any atom is 0.193 e. The van der Waals surface area contributed by atoms with E-state index in [-0.39, 0.29) is 6.04 Å². The molecule has 0 aliphatic carbocycles. The first kappa shape index (κ1) is 11.9. The molecule has 5 nitrogen and oxygen atoms in total. The van der Waals surface area contributed by atoms with Crippen LogP contribution in [0, 0.1) is 0 Å². The molecule has 1 aliphatic heterocycles. The van der Waals surface area contributed by atoms with Crippen molar-refractivity contribution in [1.29, 1.82) is 0 Å². The van der Waals surface area contributed by atoms with Gasteiger partial charge in [0.05, 0.1) is 19.2 Å². The third-order valence-electron chi connectivity index (χ3n) is 2.76. The molecule has 0 aromatic heterocycles. The summed E-state index contributed by atoms with van der Waals surface area (Å²) < 4.78 is 10.5. The topological polar surface area (TPSA) is 68.0 Å². The number of ether oxygens (including phenoxy) is 2. The van der Waals surface area contributed by atoms with E-state index in [1.165, 1.54) is 0 Å². The number of nitrogens with two attached hydrogens (primary N) is 1. The molecule has 1 fully saturated rings. The monoisotopic (exact) mass is 204 g/mol. The van der Waals surface area contributed by atoms with Crippen LogP contribution >= 0.6 is 0 Å². The molecule has 1 rings (SSSR count). The Labute approximate surface area is 84.8 Å². The van der Waals surface area contributed by atoms with Crippen molar-refractivity contribution in [2.45, 2.75) is 24.9 Å². The lowest BCUT2D eigenvalue weighted by molar-refractivity contribution is -0.276. The van der Waals surface area contributed by atoms with Crippen LogP contribution in [0.5, 0.6) is 0 Å². The van der Waals surface area contributed by atoms with Gasteiger partial charge < -0.3 is 20.3 Å². The van der Waals surface area contributed by atoms with Crippen LogP contribution < -0.4 is 5.73 Å². The largest absolute Gasteiger partial charge is 0.392 e. The average Bonchev–Trinajstić information content (AvgIpc) is 2.10. The first-order chi connectivity index (χ1) is 6.53. The predicted molar refractivity (Wildman–Crippen MR) is 52.8 cm³/mol. The molecule has 1 saturated heterocycles. The lowest BCUT2D eigenvalue weighted by Crippen LogP contribution is -2.66. The van der Waals surface area contributed by atoms with Gasteiger partial charge in [-0.15, -0.1) is 0 Å². The van der Waals surface area contributed by atoms with E-state index >= 15 is 0 Å². The number of rotatable bonds is 5. The van der Waals surface area contributed by atoms with Crippen molar-refractivity contribution in [3.8, 4) is 0 Å². The molecule has 0 bridgehead atoms. The van der Waals surface area contributed by atoms with Crippen molar-refractivity contribution in [2.24, 2.45) is 5.73 Å². The highest BCUT2D eigenvalue weighted by molar-refractivity contribution is 4.91. The molecule has 1 aliphatic rings. The molecule has 2 atom stereocenters. The average molecular weight is 204 g/mol. The Morgan fingerprint density at radius 3 is 2.29 bits per heavy atom. The zero-order valence-electron chi connectivity index (χ0n) is 9.06. The molecular formula is C9H20N2O3. The van der Waals surface area contributed by atoms with Gasteiger partial charge in [-0.05, 0) is 6.92 Å². The number of nitrogens with zero attached hydrogens (tertiary/aromatic N) is 1. The summed E-state index contributed by atoms with van der Waals surface area (Å²) in [6.07, 6.45) is -0.477. The van der Waals surface area contributed by atoms with Crippen LogP contribution in [0.2, 0.25) is 0 Å². The van der Waals surface area contributed by atoms with E-state index in [2.05, 4.69) is 4.90 Å². The van der Waals surface area contributed by atoms with Crippen molar-refractivity contribution in [1.82, 2.24) is 4.90 Å². The highest BCUT2D eigenvalue weighted by Gasteiger charge is 2.44. The SMILES string of the molecule is COC1(OC)CN(CC(N)C(C)O)C1. The standard InChI is InChI=1S/C9H20N2O3/c1-7(12)8(10)4-11-5-9(6-11,13-2)14-3/h7-8,12H,4-6,10H2,1-3H3. The first-order valence-electron chi connectivity index (χ1n) is 4.79. The molecule has 14 heavy (non-hydrogen) atoms. The van der Waals surface area contributed by atoms with Crippen LogP contribution in [0.25, 0.3) is 0 Å². The van der Waals surface area contributed by atoms with E-state index in [0.29, 0.717) is 19.6 Å². The Morgan fingerprint density at radius 1 is 1.43 bits per heavy atom. The summed E-state index contributed by atoms with van der Waals surface area (Å²) in [5.74, 6) is -0.460. The third-order valence-corrected chi connectivity index (χ3v) is 2.76. The van der Waals surface area contributed by atoms with Crippen LogP contribution in [-0.4, -0.2) is 61.8 Å². The highest BCUT2D eigenvalue weighted by Crippen LogP contribution is 2.24. The molecule has 0 radical (unpaired) electrons. The fourth-order valence-corrected chi connectivity index (χ4v) is 1.56. The third kappa shape index (κ3) is 2.43. The normalized spacial score (nSPS) is 25.5. The fraction of sp³-hybridized carbons (Fsp3) is 1.00. The number of hydrogen-bond acceptors (Lipinski definition) is 5. The van der Waals surface area contributed by atoms with E-state index in [4.69, 9.17) is 15.2 Å². The second-order valence-electron chi connectivity index (χ2n) is 3.89. The molecule has 0 saturated carbocycles. The van der Waals surface area contributed by atoms with Crippen LogP contribution in [0.3, 0.4) is 0 Å². The smallest absolute Gasteiger partial charge is 0.193 e. The van der Waals surface area contributed by atoms with E-state index in [1.807, 2.05) is 0 Å². The Bertz CT molecular complexity index is 172. The van der Waals surface area contributed by atoms with Crippen molar-refractivity contribution >= 4 is 0 Å². The van der Waals surface area contributed by atoms with Crippen molar-refractivity contribution in [2.75, 3.05) is 33.9 Å². The summed E-state index contributed by atoms with van der Waals surface area (Å²) in [6, 6.07) is -0.207. The van der Waals surface area contributed by atoms with Gasteiger partial charge in [0.15, 0.2) is 5.79 Å². The second kappa shape index (κ2) is 4.55. The molecular weight excluding hydrogens is 184 g/mol. The van der Waals surface area contributed by atoms with E-state index in [0.717, 1.165) is 0 Å². The van der Waals surface area contributed by atoms with Crippen molar-refractivity contribution in [3.63, 3.8) is 0 Å². The summed E-state index contributed by atoms with van der Waals surface area (Å²) in [5, 5.41) is 9.22. The Morgan fingerprint density at radius 2 is 1.93 bits per heavy atom. The fourth-order valence-electron chi connectivity index (χ4n) is 1.56. The van der Waals surface area contributed by atoms with Gasteiger partial charge in [-0.3, -0.25) is 4.90 Å². The number of aliphatic hydroxyl groups excluding tert-OH is 1. The molecule has 0 amide bonds. The Kier molecular flexibility index (Phi) is 3.86. The van der Waals surface area contributed by atoms with Gasteiger partial charge >= 0.3 is 0 Å². The zero-order valence-corrected chi connectivity index (χ0v) is 9.06. The van der Waals surface area contributed by atoms with Crippen LogP contribution in [0.1, 0.15) is 6.92 Å². The zero-order chi connectivity index (χ0) is 10.8. The highest BCUT2D eigenvalue weighted by atomic mass is 16.7. The first-order valence-corrected chi connectivity index (χ1v) is 4.79. The molecule has 0 aromatic rings. The number of hydrogen-bond donors (Lipinski definition) is 2. The van der Waals surface area contributed by atoms with Crippen molar-refractivity contribution in [3.05, 3.63) is 0 Å². The summed E-state index contributed by atoms with van der Waals surface area (Å²) in [6.45, 7) is 3.79. The maximum absolute atomic E-state index is 9.22.